The van der Waals surface area contributed by atoms with E-state index in [2.05, 4.69) is 22.9 Å². The van der Waals surface area contributed by atoms with Crippen molar-refractivity contribution in [2.75, 3.05) is 6.61 Å². The van der Waals surface area contributed by atoms with Crippen LogP contribution in [0, 0.1) is 0 Å². The Balaban J connectivity index is 2.17. The van der Waals surface area contributed by atoms with Crippen molar-refractivity contribution < 1.29 is 9.53 Å². The van der Waals surface area contributed by atoms with Gasteiger partial charge in [0.15, 0.2) is 6.29 Å². The predicted molar refractivity (Wildman–Crippen MR) is 69.2 cm³/mol. The minimum absolute atomic E-state index is 0.271. The Morgan fingerprint density at radius 1 is 1.56 bits per heavy atom. The Morgan fingerprint density at radius 3 is 3.00 bits per heavy atom. The molecule has 0 radical (unpaired) electrons. The third-order valence-electron chi connectivity index (χ3n) is 2.68. The van der Waals surface area contributed by atoms with Gasteiger partial charge >= 0.3 is 0 Å². The van der Waals surface area contributed by atoms with Crippen molar-refractivity contribution in [2.24, 2.45) is 0 Å². The van der Waals surface area contributed by atoms with E-state index in [9.17, 15) is 4.79 Å². The number of ether oxygens (including phenoxy) is 1. The summed E-state index contributed by atoms with van der Waals surface area (Å²) in [5.74, 6) is 0. The Kier molecular flexibility index (Phi) is 4.05. The largest absolute Gasteiger partial charge is 0.377 e. The average molecular weight is 301 g/mol. The summed E-state index contributed by atoms with van der Waals surface area (Å²) in [6.45, 7) is 2.91. The van der Waals surface area contributed by atoms with Crippen LogP contribution in [-0.4, -0.2) is 24.2 Å². The number of benzene rings is 1. The van der Waals surface area contributed by atoms with Crippen molar-refractivity contribution in [3.05, 3.63) is 28.2 Å². The number of thioether (sulfide) groups is 1. The van der Waals surface area contributed by atoms with Gasteiger partial charge in [0.1, 0.15) is 0 Å². The maximum atomic E-state index is 11.0. The summed E-state index contributed by atoms with van der Waals surface area (Å²) in [5.41, 5.74) is 0.749. The molecular formula is C12H13BrO2S. The summed E-state index contributed by atoms with van der Waals surface area (Å²) < 4.78 is 6.46. The van der Waals surface area contributed by atoms with E-state index < -0.39 is 0 Å². The van der Waals surface area contributed by atoms with Crippen molar-refractivity contribution in [1.29, 1.82) is 0 Å². The lowest BCUT2D eigenvalue weighted by molar-refractivity contribution is 0.112. The molecule has 0 saturated carbocycles. The highest BCUT2D eigenvalue weighted by Gasteiger charge is 2.25. The molecule has 0 N–H and O–H groups in total. The van der Waals surface area contributed by atoms with Gasteiger partial charge in [-0.05, 0) is 31.5 Å². The van der Waals surface area contributed by atoms with E-state index in [-0.39, 0.29) is 6.10 Å². The van der Waals surface area contributed by atoms with Crippen molar-refractivity contribution in [3.63, 3.8) is 0 Å². The van der Waals surface area contributed by atoms with Gasteiger partial charge in [-0.25, -0.2) is 0 Å². The SMILES string of the molecule is CC1OCCC1Sc1ccc(Br)cc1C=O. The Bertz CT molecular complexity index is 395. The lowest BCUT2D eigenvalue weighted by atomic mass is 10.2. The molecule has 1 saturated heterocycles. The van der Waals surface area contributed by atoms with Gasteiger partial charge in [0, 0.05) is 26.8 Å². The Hall–Kier alpha value is -0.320. The zero-order valence-electron chi connectivity index (χ0n) is 8.98. The van der Waals surface area contributed by atoms with E-state index in [1.807, 2.05) is 18.2 Å². The van der Waals surface area contributed by atoms with E-state index in [1.54, 1.807) is 11.8 Å². The number of hydrogen-bond donors (Lipinski definition) is 0. The molecule has 2 unspecified atom stereocenters. The monoisotopic (exact) mass is 300 g/mol. The van der Waals surface area contributed by atoms with Gasteiger partial charge < -0.3 is 4.74 Å². The van der Waals surface area contributed by atoms with Crippen molar-refractivity contribution >= 4 is 34.0 Å². The van der Waals surface area contributed by atoms with Gasteiger partial charge in [-0.2, -0.15) is 0 Å². The molecule has 2 atom stereocenters. The molecule has 2 rings (SSSR count). The van der Waals surface area contributed by atoms with Crippen molar-refractivity contribution in [3.8, 4) is 0 Å². The smallest absolute Gasteiger partial charge is 0.151 e. The number of rotatable bonds is 3. The van der Waals surface area contributed by atoms with Crippen LogP contribution < -0.4 is 0 Å². The fourth-order valence-corrected chi connectivity index (χ4v) is 3.33. The van der Waals surface area contributed by atoms with Crippen LogP contribution >= 0.6 is 27.7 Å². The maximum Gasteiger partial charge on any atom is 0.151 e. The first kappa shape index (κ1) is 12.1. The summed E-state index contributed by atoms with van der Waals surface area (Å²) in [6.07, 6.45) is 2.24. The molecule has 0 amide bonds. The van der Waals surface area contributed by atoms with Gasteiger partial charge in [0.05, 0.1) is 6.10 Å². The first-order chi connectivity index (χ1) is 7.70. The van der Waals surface area contributed by atoms with Gasteiger partial charge in [-0.3, -0.25) is 4.79 Å². The Morgan fingerprint density at radius 2 is 2.38 bits per heavy atom. The van der Waals surface area contributed by atoms with Gasteiger partial charge in [0.2, 0.25) is 0 Å². The third-order valence-corrected chi connectivity index (χ3v) is 4.72. The highest BCUT2D eigenvalue weighted by molar-refractivity contribution is 9.10. The first-order valence-corrected chi connectivity index (χ1v) is 6.91. The number of aldehydes is 1. The maximum absolute atomic E-state index is 11.0. The molecule has 1 aliphatic rings. The number of halogens is 1. The average Bonchev–Trinajstić information content (AvgIpc) is 2.67. The normalized spacial score (nSPS) is 24.6. The van der Waals surface area contributed by atoms with Crippen LogP contribution in [0.2, 0.25) is 0 Å². The molecule has 16 heavy (non-hydrogen) atoms. The van der Waals surface area contributed by atoms with Gasteiger partial charge in [-0.1, -0.05) is 15.9 Å². The second-order valence-electron chi connectivity index (χ2n) is 3.82. The van der Waals surface area contributed by atoms with Gasteiger partial charge in [-0.15, -0.1) is 11.8 Å². The molecule has 86 valence electrons. The number of carbonyl (C=O) groups excluding carboxylic acids is 1. The molecule has 0 bridgehead atoms. The van der Waals surface area contributed by atoms with E-state index in [4.69, 9.17) is 4.74 Å². The summed E-state index contributed by atoms with van der Waals surface area (Å²) >= 11 is 5.11. The van der Waals surface area contributed by atoms with Crippen LogP contribution in [0.25, 0.3) is 0 Å². The second kappa shape index (κ2) is 5.34. The fourth-order valence-electron chi connectivity index (χ4n) is 1.75. The van der Waals surface area contributed by atoms with Crippen LogP contribution in [0.5, 0.6) is 0 Å². The quantitative estimate of drug-likeness (QED) is 0.799. The van der Waals surface area contributed by atoms with Crippen LogP contribution in [0.15, 0.2) is 27.6 Å². The molecule has 1 fully saturated rings. The summed E-state index contributed by atoms with van der Waals surface area (Å²) in [5, 5.41) is 0.458. The standard InChI is InChI=1S/C12H13BrO2S/c1-8-11(4-5-15-8)16-12-3-2-10(13)6-9(12)7-14/h2-3,6-8,11H,4-5H2,1H3. The molecule has 0 aromatic heterocycles. The van der Waals surface area contributed by atoms with E-state index in [0.29, 0.717) is 5.25 Å². The van der Waals surface area contributed by atoms with Crippen molar-refractivity contribution in [2.45, 2.75) is 29.6 Å². The minimum atomic E-state index is 0.271. The minimum Gasteiger partial charge on any atom is -0.377 e. The fraction of sp³-hybridized carbons (Fsp3) is 0.417. The summed E-state index contributed by atoms with van der Waals surface area (Å²) in [4.78, 5) is 12.0. The molecule has 1 aliphatic heterocycles. The van der Waals surface area contributed by atoms with Crippen LogP contribution in [0.1, 0.15) is 23.7 Å². The zero-order chi connectivity index (χ0) is 11.5. The highest BCUT2D eigenvalue weighted by Crippen LogP contribution is 2.34. The molecule has 2 nitrogen and oxygen atoms in total. The van der Waals surface area contributed by atoms with Crippen LogP contribution in [0.4, 0.5) is 0 Å². The summed E-state index contributed by atoms with van der Waals surface area (Å²) in [7, 11) is 0. The van der Waals surface area contributed by atoms with Crippen LogP contribution in [-0.2, 0) is 4.74 Å². The molecule has 1 heterocycles. The second-order valence-corrected chi connectivity index (χ2v) is 6.02. The highest BCUT2D eigenvalue weighted by atomic mass is 79.9. The van der Waals surface area contributed by atoms with Gasteiger partial charge in [0.25, 0.3) is 0 Å². The number of hydrogen-bond acceptors (Lipinski definition) is 3. The lowest BCUT2D eigenvalue weighted by Crippen LogP contribution is -2.13. The predicted octanol–water partition coefficient (Wildman–Crippen LogP) is 3.53. The van der Waals surface area contributed by atoms with E-state index >= 15 is 0 Å². The van der Waals surface area contributed by atoms with E-state index in [1.165, 1.54) is 0 Å². The molecule has 1 aromatic rings. The molecule has 4 heteroatoms. The topological polar surface area (TPSA) is 26.3 Å². The molecular weight excluding hydrogens is 288 g/mol. The molecule has 1 aromatic carbocycles. The summed E-state index contributed by atoms with van der Waals surface area (Å²) in [6, 6.07) is 5.81. The van der Waals surface area contributed by atoms with E-state index in [0.717, 1.165) is 34.2 Å². The van der Waals surface area contributed by atoms with Crippen molar-refractivity contribution in [1.82, 2.24) is 0 Å². The molecule has 0 aliphatic carbocycles. The zero-order valence-corrected chi connectivity index (χ0v) is 11.4. The lowest BCUT2D eigenvalue weighted by Gasteiger charge is -2.14. The first-order valence-electron chi connectivity index (χ1n) is 5.23. The Labute approximate surface area is 108 Å². The molecule has 0 spiro atoms. The number of carbonyl (C=O) groups is 1. The van der Waals surface area contributed by atoms with Crippen LogP contribution in [0.3, 0.4) is 0 Å². The third kappa shape index (κ3) is 2.67.